The third kappa shape index (κ3) is 5.81. The van der Waals surface area contributed by atoms with Crippen LogP contribution in [0.3, 0.4) is 0 Å². The first-order valence-electron chi connectivity index (χ1n) is 8.71. The molecule has 27 heavy (non-hydrogen) atoms. The van der Waals surface area contributed by atoms with Gasteiger partial charge in [-0.3, -0.25) is 4.79 Å². The third-order valence-corrected chi connectivity index (χ3v) is 6.00. The van der Waals surface area contributed by atoms with Crippen LogP contribution in [0.25, 0.3) is 0 Å². The van der Waals surface area contributed by atoms with Gasteiger partial charge in [-0.2, -0.15) is 0 Å². The molecule has 0 saturated carbocycles. The summed E-state index contributed by atoms with van der Waals surface area (Å²) >= 11 is 1.60. The Morgan fingerprint density at radius 1 is 1.04 bits per heavy atom. The molecule has 0 aliphatic carbocycles. The Morgan fingerprint density at radius 3 is 2.11 bits per heavy atom. The summed E-state index contributed by atoms with van der Waals surface area (Å²) in [7, 11) is 3.09. The van der Waals surface area contributed by atoms with E-state index in [2.05, 4.69) is 0 Å². The standard InChI is InChI=1S/C21H27NO4S/c1-21(20(22)23,15-26-14-18(24-2)25-3)19(16-10-6-4-7-11-16)27-17-12-8-5-9-13-17/h4-13,18-19H,14-15H2,1-3H3,(H2,22,23). The molecule has 2 aromatic rings. The molecule has 0 fully saturated rings. The number of hydrogen-bond acceptors (Lipinski definition) is 5. The van der Waals surface area contributed by atoms with Crippen molar-refractivity contribution in [1.29, 1.82) is 0 Å². The van der Waals surface area contributed by atoms with E-state index in [1.807, 2.05) is 67.6 Å². The molecule has 0 heterocycles. The van der Waals surface area contributed by atoms with Gasteiger partial charge in [-0.1, -0.05) is 48.5 Å². The Kier molecular flexibility index (Phi) is 8.31. The number of methoxy groups -OCH3 is 2. The summed E-state index contributed by atoms with van der Waals surface area (Å²) in [6.07, 6.45) is -0.487. The second kappa shape index (κ2) is 10.5. The Bertz CT molecular complexity index is 694. The van der Waals surface area contributed by atoms with Crippen LogP contribution in [0.1, 0.15) is 17.7 Å². The molecule has 0 aliphatic rings. The molecule has 0 aliphatic heterocycles. The molecule has 6 heteroatoms. The van der Waals surface area contributed by atoms with Crippen LogP contribution in [0.5, 0.6) is 0 Å². The first-order valence-corrected chi connectivity index (χ1v) is 9.59. The number of thioether (sulfide) groups is 1. The second-order valence-electron chi connectivity index (χ2n) is 6.42. The van der Waals surface area contributed by atoms with Gasteiger partial charge in [-0.15, -0.1) is 11.8 Å². The van der Waals surface area contributed by atoms with E-state index >= 15 is 0 Å². The fourth-order valence-electron chi connectivity index (χ4n) is 2.70. The molecule has 2 N–H and O–H groups in total. The van der Waals surface area contributed by atoms with Gasteiger partial charge in [0.25, 0.3) is 0 Å². The van der Waals surface area contributed by atoms with E-state index in [0.29, 0.717) is 0 Å². The zero-order valence-electron chi connectivity index (χ0n) is 16.0. The van der Waals surface area contributed by atoms with Gasteiger partial charge in [0.2, 0.25) is 5.91 Å². The van der Waals surface area contributed by atoms with Gasteiger partial charge < -0.3 is 19.9 Å². The molecule has 0 aromatic heterocycles. The zero-order valence-corrected chi connectivity index (χ0v) is 16.8. The van der Waals surface area contributed by atoms with Gasteiger partial charge in [-0.05, 0) is 24.6 Å². The van der Waals surface area contributed by atoms with Gasteiger partial charge in [0.15, 0.2) is 6.29 Å². The summed E-state index contributed by atoms with van der Waals surface area (Å²) in [6, 6.07) is 19.9. The minimum absolute atomic E-state index is 0.158. The van der Waals surface area contributed by atoms with Crippen LogP contribution in [0.2, 0.25) is 0 Å². The van der Waals surface area contributed by atoms with E-state index in [1.165, 1.54) is 0 Å². The summed E-state index contributed by atoms with van der Waals surface area (Å²) in [5.74, 6) is -0.411. The van der Waals surface area contributed by atoms with Gasteiger partial charge in [0.1, 0.15) is 0 Å². The SMILES string of the molecule is COC(COCC(C)(C(N)=O)C(Sc1ccccc1)c1ccccc1)OC. The maximum atomic E-state index is 12.5. The van der Waals surface area contributed by atoms with Gasteiger partial charge in [-0.25, -0.2) is 0 Å². The first kappa shape index (κ1) is 21.4. The maximum Gasteiger partial charge on any atom is 0.227 e. The van der Waals surface area contributed by atoms with Crippen molar-refractivity contribution < 1.29 is 19.0 Å². The van der Waals surface area contributed by atoms with E-state index in [0.717, 1.165) is 10.5 Å². The lowest BCUT2D eigenvalue weighted by molar-refractivity contribution is -0.152. The van der Waals surface area contributed by atoms with Crippen LogP contribution in [0.15, 0.2) is 65.6 Å². The van der Waals surface area contributed by atoms with Crippen LogP contribution in [-0.2, 0) is 19.0 Å². The van der Waals surface area contributed by atoms with Crippen LogP contribution >= 0.6 is 11.8 Å². The summed E-state index contributed by atoms with van der Waals surface area (Å²) in [4.78, 5) is 13.6. The Balaban J connectivity index is 2.28. The number of benzene rings is 2. The zero-order chi connectivity index (χ0) is 19.7. The lowest BCUT2D eigenvalue weighted by Gasteiger charge is -2.35. The molecule has 0 radical (unpaired) electrons. The highest BCUT2D eigenvalue weighted by atomic mass is 32.2. The predicted octanol–water partition coefficient (Wildman–Crippen LogP) is 3.65. The quantitative estimate of drug-likeness (QED) is 0.469. The largest absolute Gasteiger partial charge is 0.375 e. The Morgan fingerprint density at radius 2 is 1.59 bits per heavy atom. The van der Waals surface area contributed by atoms with E-state index in [-0.39, 0.29) is 18.5 Å². The van der Waals surface area contributed by atoms with Crippen molar-refractivity contribution in [2.24, 2.45) is 11.1 Å². The number of primary amides is 1. The second-order valence-corrected chi connectivity index (χ2v) is 7.60. The fraction of sp³-hybridized carbons (Fsp3) is 0.381. The average Bonchev–Trinajstić information content (AvgIpc) is 2.70. The van der Waals surface area contributed by atoms with Crippen molar-refractivity contribution >= 4 is 17.7 Å². The van der Waals surface area contributed by atoms with E-state index < -0.39 is 17.6 Å². The highest BCUT2D eigenvalue weighted by molar-refractivity contribution is 7.99. The van der Waals surface area contributed by atoms with Crippen molar-refractivity contribution in [2.75, 3.05) is 27.4 Å². The minimum Gasteiger partial charge on any atom is -0.375 e. The van der Waals surface area contributed by atoms with Crippen molar-refractivity contribution in [3.05, 3.63) is 66.2 Å². The number of ether oxygens (including phenoxy) is 3. The highest BCUT2D eigenvalue weighted by Crippen LogP contribution is 2.47. The Labute approximate surface area is 165 Å². The number of carbonyl (C=O) groups excluding carboxylic acids is 1. The van der Waals surface area contributed by atoms with Crippen LogP contribution in [0.4, 0.5) is 0 Å². The van der Waals surface area contributed by atoms with E-state index in [1.54, 1.807) is 26.0 Å². The average molecular weight is 390 g/mol. The van der Waals surface area contributed by atoms with Crippen molar-refractivity contribution in [1.82, 2.24) is 0 Å². The summed E-state index contributed by atoms with van der Waals surface area (Å²) in [5, 5.41) is -0.206. The topological polar surface area (TPSA) is 70.8 Å². The summed E-state index contributed by atoms with van der Waals surface area (Å²) in [6.45, 7) is 2.22. The third-order valence-electron chi connectivity index (χ3n) is 4.42. The Hall–Kier alpha value is -1.86. The lowest BCUT2D eigenvalue weighted by Crippen LogP contribution is -2.43. The van der Waals surface area contributed by atoms with E-state index in [9.17, 15) is 4.79 Å². The van der Waals surface area contributed by atoms with Crippen LogP contribution < -0.4 is 5.73 Å². The van der Waals surface area contributed by atoms with Gasteiger partial charge in [0, 0.05) is 19.1 Å². The number of rotatable bonds is 11. The summed E-state index contributed by atoms with van der Waals surface area (Å²) in [5.41, 5.74) is 5.95. The normalized spacial score (nSPS) is 14.7. The first-order chi connectivity index (χ1) is 13.0. The van der Waals surface area contributed by atoms with E-state index in [4.69, 9.17) is 19.9 Å². The number of nitrogens with two attached hydrogens (primary N) is 1. The molecular formula is C21H27NO4S. The number of carbonyl (C=O) groups is 1. The lowest BCUT2D eigenvalue weighted by atomic mass is 9.83. The molecule has 1 amide bonds. The highest BCUT2D eigenvalue weighted by Gasteiger charge is 2.42. The molecule has 2 aromatic carbocycles. The molecule has 0 spiro atoms. The van der Waals surface area contributed by atoms with Crippen molar-refractivity contribution in [2.45, 2.75) is 23.4 Å². The number of hydrogen-bond donors (Lipinski definition) is 1. The number of amides is 1. The smallest absolute Gasteiger partial charge is 0.227 e. The summed E-state index contributed by atoms with van der Waals surface area (Å²) < 4.78 is 16.1. The molecule has 146 valence electrons. The molecule has 2 unspecified atom stereocenters. The van der Waals surface area contributed by atoms with Gasteiger partial charge >= 0.3 is 0 Å². The molecule has 2 atom stereocenters. The predicted molar refractivity (Wildman–Crippen MR) is 107 cm³/mol. The minimum atomic E-state index is -0.923. The fourth-order valence-corrected chi connectivity index (χ4v) is 4.03. The van der Waals surface area contributed by atoms with Crippen molar-refractivity contribution in [3.8, 4) is 0 Å². The molecular weight excluding hydrogens is 362 g/mol. The van der Waals surface area contributed by atoms with Crippen molar-refractivity contribution in [3.63, 3.8) is 0 Å². The van der Waals surface area contributed by atoms with Gasteiger partial charge in [0.05, 0.1) is 23.9 Å². The molecule has 0 bridgehead atoms. The molecule has 0 saturated heterocycles. The van der Waals surface area contributed by atoms with Crippen LogP contribution in [-0.4, -0.2) is 39.6 Å². The maximum absolute atomic E-state index is 12.5. The molecule has 2 rings (SSSR count). The van der Waals surface area contributed by atoms with Crippen LogP contribution in [0, 0.1) is 5.41 Å². The molecule has 5 nitrogen and oxygen atoms in total. The monoisotopic (exact) mass is 389 g/mol.